The van der Waals surface area contributed by atoms with Crippen LogP contribution in [0.3, 0.4) is 0 Å². The van der Waals surface area contributed by atoms with Crippen molar-refractivity contribution in [1.29, 1.82) is 0 Å². The summed E-state index contributed by atoms with van der Waals surface area (Å²) in [5, 5.41) is 20.0. The molecule has 1 saturated heterocycles. The number of aromatic nitrogens is 4. The van der Waals surface area contributed by atoms with Crippen molar-refractivity contribution in [1.82, 2.24) is 19.5 Å². The third-order valence-electron chi connectivity index (χ3n) is 3.40. The van der Waals surface area contributed by atoms with E-state index in [4.69, 9.17) is 10.5 Å². The lowest BCUT2D eigenvalue weighted by Crippen LogP contribution is -2.34. The van der Waals surface area contributed by atoms with Crippen LogP contribution in [0.2, 0.25) is 0 Å². The fourth-order valence-corrected chi connectivity index (χ4v) is 2.65. The van der Waals surface area contributed by atoms with Crippen molar-refractivity contribution in [3.63, 3.8) is 0 Å². The Morgan fingerprint density at radius 2 is 2.09 bits per heavy atom. The normalized spacial score (nSPS) is 28.5. The minimum Gasteiger partial charge on any atom is -0.790 e. The summed E-state index contributed by atoms with van der Waals surface area (Å²) in [6, 6.07) is 0. The van der Waals surface area contributed by atoms with Crippen LogP contribution in [0.5, 0.6) is 0 Å². The van der Waals surface area contributed by atoms with Crippen LogP contribution >= 0.6 is 7.82 Å². The van der Waals surface area contributed by atoms with Gasteiger partial charge in [0.15, 0.2) is 17.7 Å². The highest BCUT2D eigenvalue weighted by atomic mass is 31.2. The van der Waals surface area contributed by atoms with Gasteiger partial charge in [-0.05, 0) is 0 Å². The topological polar surface area (TPSA) is 192 Å². The molecule has 2 aromatic heterocycles. The van der Waals surface area contributed by atoms with E-state index in [0.29, 0.717) is 0 Å². The first-order valence-corrected chi connectivity index (χ1v) is 7.85. The van der Waals surface area contributed by atoms with Gasteiger partial charge in [-0.3, -0.25) is 4.57 Å². The number of ether oxygens (including phenoxy) is 1. The molecule has 4 N–H and O–H groups in total. The van der Waals surface area contributed by atoms with E-state index in [0.717, 1.165) is 0 Å². The summed E-state index contributed by atoms with van der Waals surface area (Å²) in [6.07, 6.45) is -2.75. The summed E-state index contributed by atoms with van der Waals surface area (Å²) < 4.78 is 21.3. The van der Waals surface area contributed by atoms with Crippen LogP contribution < -0.4 is 15.5 Å². The van der Waals surface area contributed by atoms with Crippen LogP contribution in [-0.2, 0) is 13.8 Å². The second-order valence-corrected chi connectivity index (χ2v) is 6.02. The second-order valence-electron chi connectivity index (χ2n) is 4.87. The molecule has 12 nitrogen and oxygen atoms in total. The number of nitrogens with two attached hydrogens (primary N) is 1. The van der Waals surface area contributed by atoms with Gasteiger partial charge in [0, 0.05) is 0 Å². The Labute approximate surface area is 128 Å². The molecule has 3 heterocycles. The van der Waals surface area contributed by atoms with E-state index in [1.807, 2.05) is 0 Å². The summed E-state index contributed by atoms with van der Waals surface area (Å²) in [6.45, 7) is -0.719. The first-order chi connectivity index (χ1) is 10.8. The van der Waals surface area contributed by atoms with Crippen molar-refractivity contribution in [2.24, 2.45) is 0 Å². The van der Waals surface area contributed by atoms with Gasteiger partial charge < -0.3 is 39.6 Å². The molecule has 3 rings (SSSR count). The predicted molar refractivity (Wildman–Crippen MR) is 69.2 cm³/mol. The van der Waals surface area contributed by atoms with Gasteiger partial charge in [-0.15, -0.1) is 0 Å². The summed E-state index contributed by atoms with van der Waals surface area (Å²) in [7, 11) is -5.22. The maximum atomic E-state index is 10.5. The summed E-state index contributed by atoms with van der Waals surface area (Å²) in [5.41, 5.74) is 6.19. The van der Waals surface area contributed by atoms with Crippen LogP contribution in [0.4, 0.5) is 5.82 Å². The SMILES string of the molecule is Nc1ncnc2c1ncn2C1OC(COP(=O)([O-])[O-])C(O)C1O. The third kappa shape index (κ3) is 3.05. The first-order valence-electron chi connectivity index (χ1n) is 6.39. The van der Waals surface area contributed by atoms with Crippen LogP contribution in [0, 0.1) is 0 Å². The Hall–Kier alpha value is -1.66. The van der Waals surface area contributed by atoms with Crippen LogP contribution in [0.25, 0.3) is 11.2 Å². The number of phosphoric ester groups is 1. The largest absolute Gasteiger partial charge is 0.790 e. The van der Waals surface area contributed by atoms with Gasteiger partial charge in [-0.1, -0.05) is 0 Å². The van der Waals surface area contributed by atoms with Crippen molar-refractivity contribution in [3.8, 4) is 0 Å². The van der Waals surface area contributed by atoms with Crippen LogP contribution in [-0.4, -0.2) is 54.7 Å². The molecule has 0 aromatic carbocycles. The lowest BCUT2D eigenvalue weighted by molar-refractivity contribution is -0.343. The maximum absolute atomic E-state index is 10.5. The highest BCUT2D eigenvalue weighted by molar-refractivity contribution is 7.43. The van der Waals surface area contributed by atoms with Gasteiger partial charge >= 0.3 is 0 Å². The number of phosphoric acid groups is 1. The maximum Gasteiger partial charge on any atom is 0.167 e. The Morgan fingerprint density at radius 1 is 1.35 bits per heavy atom. The molecular formula is C10H12N5O7P-2. The van der Waals surface area contributed by atoms with Crippen LogP contribution in [0.1, 0.15) is 6.23 Å². The zero-order chi connectivity index (χ0) is 16.8. The second kappa shape index (κ2) is 5.76. The molecule has 1 aliphatic heterocycles. The Bertz CT molecular complexity index is 763. The quantitative estimate of drug-likeness (QED) is 0.474. The van der Waals surface area contributed by atoms with Gasteiger partial charge in [0.2, 0.25) is 0 Å². The van der Waals surface area contributed by atoms with Crippen molar-refractivity contribution in [3.05, 3.63) is 12.7 Å². The molecule has 0 amide bonds. The Morgan fingerprint density at radius 3 is 2.78 bits per heavy atom. The molecule has 4 unspecified atom stereocenters. The fourth-order valence-electron chi connectivity index (χ4n) is 2.32. The van der Waals surface area contributed by atoms with Gasteiger partial charge in [0.05, 0.1) is 20.8 Å². The Balaban J connectivity index is 1.85. The fraction of sp³-hybridized carbons (Fsp3) is 0.500. The zero-order valence-corrected chi connectivity index (χ0v) is 12.3. The van der Waals surface area contributed by atoms with E-state index in [-0.39, 0.29) is 17.0 Å². The van der Waals surface area contributed by atoms with E-state index in [9.17, 15) is 24.6 Å². The van der Waals surface area contributed by atoms with Crippen molar-refractivity contribution in [2.75, 3.05) is 12.3 Å². The number of rotatable bonds is 4. The zero-order valence-electron chi connectivity index (χ0n) is 11.4. The van der Waals surface area contributed by atoms with E-state index >= 15 is 0 Å². The number of anilines is 1. The highest BCUT2D eigenvalue weighted by Gasteiger charge is 2.44. The molecule has 1 fully saturated rings. The highest BCUT2D eigenvalue weighted by Crippen LogP contribution is 2.34. The Kier molecular flexibility index (Phi) is 4.06. The predicted octanol–water partition coefficient (Wildman–Crippen LogP) is -3.13. The number of imidazole rings is 1. The van der Waals surface area contributed by atoms with Gasteiger partial charge in [0.25, 0.3) is 0 Å². The molecule has 13 heteroatoms. The molecule has 1 aliphatic rings. The summed E-state index contributed by atoms with van der Waals surface area (Å²) in [4.78, 5) is 32.8. The molecule has 0 saturated carbocycles. The molecule has 2 aromatic rings. The third-order valence-corrected chi connectivity index (χ3v) is 3.86. The van der Waals surface area contributed by atoms with E-state index in [2.05, 4.69) is 19.5 Å². The number of aliphatic hydroxyl groups excluding tert-OH is 2. The number of fused-ring (bicyclic) bond motifs is 1. The lowest BCUT2D eigenvalue weighted by atomic mass is 10.1. The average molecular weight is 345 g/mol. The van der Waals surface area contributed by atoms with Gasteiger partial charge in [-0.25, -0.2) is 15.0 Å². The molecule has 0 radical (unpaired) electrons. The number of aliphatic hydroxyl groups is 2. The van der Waals surface area contributed by atoms with Crippen molar-refractivity contribution >= 4 is 24.8 Å². The van der Waals surface area contributed by atoms with Crippen molar-refractivity contribution in [2.45, 2.75) is 24.5 Å². The average Bonchev–Trinajstić information content (AvgIpc) is 3.01. The van der Waals surface area contributed by atoms with Crippen LogP contribution in [0.15, 0.2) is 12.7 Å². The minimum atomic E-state index is -5.22. The van der Waals surface area contributed by atoms with E-state index < -0.39 is 39.0 Å². The number of nitrogens with zero attached hydrogens (tertiary/aromatic N) is 4. The minimum absolute atomic E-state index is 0.125. The smallest absolute Gasteiger partial charge is 0.167 e. The molecule has 126 valence electrons. The molecule has 23 heavy (non-hydrogen) atoms. The molecule has 0 aliphatic carbocycles. The standard InChI is InChI=1S/C10H14N5O7P/c11-8-5-9(13-2-12-8)15(3-14-5)10-7(17)6(16)4(22-10)1-21-23(18,19)20/h2-4,6-7,10,16-17H,1H2,(H2,11,12,13)(H2,18,19,20)/p-2. The number of hydrogen-bond donors (Lipinski definition) is 3. The number of hydrogen-bond acceptors (Lipinski definition) is 11. The number of nitrogen functional groups attached to an aromatic ring is 1. The van der Waals surface area contributed by atoms with Gasteiger partial charge in [0.1, 0.15) is 30.2 Å². The molecular weight excluding hydrogens is 333 g/mol. The van der Waals surface area contributed by atoms with Crippen molar-refractivity contribution < 1.29 is 33.8 Å². The lowest BCUT2D eigenvalue weighted by Gasteiger charge is -2.30. The van der Waals surface area contributed by atoms with Gasteiger partial charge in [-0.2, -0.15) is 0 Å². The molecule has 4 atom stereocenters. The van der Waals surface area contributed by atoms with E-state index in [1.165, 1.54) is 17.2 Å². The molecule has 0 spiro atoms. The molecule has 0 bridgehead atoms. The summed E-state index contributed by atoms with van der Waals surface area (Å²) >= 11 is 0. The monoisotopic (exact) mass is 345 g/mol. The summed E-state index contributed by atoms with van der Waals surface area (Å²) in [5.74, 6) is 0.125. The first kappa shape index (κ1) is 16.2. The van der Waals surface area contributed by atoms with E-state index in [1.54, 1.807) is 0 Å².